The Morgan fingerprint density at radius 1 is 1.46 bits per heavy atom. The molecule has 0 fully saturated rings. The summed E-state index contributed by atoms with van der Waals surface area (Å²) in [5, 5.41) is 5.99. The fraction of sp³-hybridized carbons (Fsp3) is 0.429. The van der Waals surface area contributed by atoms with Gasteiger partial charge in [-0.3, -0.25) is 9.36 Å². The van der Waals surface area contributed by atoms with Crippen LogP contribution in [0.5, 0.6) is 0 Å². The van der Waals surface area contributed by atoms with Crippen LogP contribution in [0.15, 0.2) is 4.79 Å². The molecular formula is C7H11N5O. The molecule has 2 rings (SSSR count). The van der Waals surface area contributed by atoms with Gasteiger partial charge in [0, 0.05) is 20.1 Å². The number of nitrogens with zero attached hydrogens (tertiary/aromatic N) is 2. The highest BCUT2D eigenvalue weighted by molar-refractivity contribution is 5.66. The Morgan fingerprint density at radius 2 is 2.15 bits per heavy atom. The maximum Gasteiger partial charge on any atom is 0.280 e. The summed E-state index contributed by atoms with van der Waals surface area (Å²) in [7, 11) is 1.60. The summed E-state index contributed by atoms with van der Waals surface area (Å²) in [6.07, 6.45) is 0. The molecule has 0 aromatic carbocycles. The van der Waals surface area contributed by atoms with Crippen LogP contribution < -0.4 is 21.9 Å². The number of hydrogen-bond donors (Lipinski definition) is 3. The molecule has 0 aliphatic carbocycles. The van der Waals surface area contributed by atoms with Crippen molar-refractivity contribution in [2.45, 2.75) is 0 Å². The van der Waals surface area contributed by atoms with Gasteiger partial charge in [0.05, 0.1) is 0 Å². The predicted octanol–water partition coefficient (Wildman–Crippen LogP) is -0.800. The lowest BCUT2D eigenvalue weighted by Gasteiger charge is -2.19. The van der Waals surface area contributed by atoms with E-state index < -0.39 is 0 Å². The molecule has 1 aliphatic heterocycles. The van der Waals surface area contributed by atoms with Gasteiger partial charge in [0.25, 0.3) is 5.56 Å². The molecule has 13 heavy (non-hydrogen) atoms. The van der Waals surface area contributed by atoms with Gasteiger partial charge in [-0.05, 0) is 0 Å². The fourth-order valence-electron chi connectivity index (χ4n) is 1.27. The van der Waals surface area contributed by atoms with Crippen molar-refractivity contribution in [3.05, 3.63) is 10.4 Å². The number of nitrogen functional groups attached to an aromatic ring is 1. The Balaban J connectivity index is 2.68. The Bertz CT molecular complexity index is 397. The molecule has 0 radical (unpaired) electrons. The minimum Gasteiger partial charge on any atom is -0.376 e. The van der Waals surface area contributed by atoms with Crippen molar-refractivity contribution in [2.75, 3.05) is 29.5 Å². The van der Waals surface area contributed by atoms with E-state index in [-0.39, 0.29) is 11.5 Å². The minimum absolute atomic E-state index is 0.144. The molecule has 0 amide bonds. The molecule has 1 aromatic rings. The third kappa shape index (κ3) is 1.10. The number of aromatic nitrogens is 2. The molecule has 0 saturated carbocycles. The van der Waals surface area contributed by atoms with Crippen LogP contribution in [0.4, 0.5) is 17.5 Å². The number of nitrogens with two attached hydrogens (primary N) is 1. The van der Waals surface area contributed by atoms with Crippen LogP contribution in [-0.2, 0) is 7.05 Å². The smallest absolute Gasteiger partial charge is 0.280 e. The van der Waals surface area contributed by atoms with E-state index in [1.165, 1.54) is 4.57 Å². The Hall–Kier alpha value is -1.72. The summed E-state index contributed by atoms with van der Waals surface area (Å²) in [6.45, 7) is 1.49. The summed E-state index contributed by atoms with van der Waals surface area (Å²) >= 11 is 0. The van der Waals surface area contributed by atoms with Crippen LogP contribution in [0.1, 0.15) is 0 Å². The molecule has 6 nitrogen and oxygen atoms in total. The molecule has 0 saturated heterocycles. The highest BCUT2D eigenvalue weighted by atomic mass is 16.1. The van der Waals surface area contributed by atoms with Gasteiger partial charge in [0.1, 0.15) is 5.69 Å². The van der Waals surface area contributed by atoms with E-state index >= 15 is 0 Å². The topological polar surface area (TPSA) is 85.0 Å². The first-order chi connectivity index (χ1) is 6.20. The molecule has 0 atom stereocenters. The molecule has 6 heteroatoms. The van der Waals surface area contributed by atoms with E-state index in [2.05, 4.69) is 15.6 Å². The van der Waals surface area contributed by atoms with Crippen LogP contribution in [0.25, 0.3) is 0 Å². The second-order valence-electron chi connectivity index (χ2n) is 2.91. The van der Waals surface area contributed by atoms with Crippen LogP contribution in [0.2, 0.25) is 0 Å². The van der Waals surface area contributed by atoms with Crippen LogP contribution >= 0.6 is 0 Å². The predicted molar refractivity (Wildman–Crippen MR) is 50.9 cm³/mol. The van der Waals surface area contributed by atoms with Gasteiger partial charge in [-0.1, -0.05) is 0 Å². The van der Waals surface area contributed by atoms with E-state index in [1.54, 1.807) is 7.05 Å². The van der Waals surface area contributed by atoms with E-state index in [0.717, 1.165) is 13.1 Å². The number of rotatable bonds is 0. The third-order valence-corrected chi connectivity index (χ3v) is 2.04. The van der Waals surface area contributed by atoms with E-state index in [9.17, 15) is 4.79 Å². The lowest BCUT2D eigenvalue weighted by Crippen LogP contribution is -2.32. The summed E-state index contributed by atoms with van der Waals surface area (Å²) in [6, 6.07) is 0. The van der Waals surface area contributed by atoms with Gasteiger partial charge in [-0.15, -0.1) is 0 Å². The van der Waals surface area contributed by atoms with Gasteiger partial charge in [-0.2, -0.15) is 4.98 Å². The standard InChI is InChI=1S/C7H11N5O/c1-12-6(13)4-5(11-7(12)8)10-3-2-9-4/h9-10H,2-3H2,1H3,(H2,8,11). The second-order valence-corrected chi connectivity index (χ2v) is 2.91. The molecule has 0 bridgehead atoms. The van der Waals surface area contributed by atoms with Crippen molar-refractivity contribution in [2.24, 2.45) is 7.05 Å². The second kappa shape index (κ2) is 2.65. The maximum absolute atomic E-state index is 11.6. The van der Waals surface area contributed by atoms with Gasteiger partial charge in [0.2, 0.25) is 5.95 Å². The van der Waals surface area contributed by atoms with Crippen LogP contribution in [0, 0.1) is 0 Å². The summed E-state index contributed by atoms with van der Waals surface area (Å²) in [5.41, 5.74) is 5.89. The minimum atomic E-state index is -0.144. The van der Waals surface area contributed by atoms with Crippen molar-refractivity contribution < 1.29 is 0 Å². The summed E-state index contributed by atoms with van der Waals surface area (Å²) in [5.74, 6) is 0.770. The molecular weight excluding hydrogens is 170 g/mol. The molecule has 0 spiro atoms. The quantitative estimate of drug-likeness (QED) is 0.488. The lowest BCUT2D eigenvalue weighted by molar-refractivity contribution is 0.834. The summed E-state index contributed by atoms with van der Waals surface area (Å²) < 4.78 is 1.32. The van der Waals surface area contributed by atoms with E-state index in [1.807, 2.05) is 0 Å². The Labute approximate surface area is 74.8 Å². The van der Waals surface area contributed by atoms with Gasteiger partial charge in [0.15, 0.2) is 5.82 Å². The lowest BCUT2D eigenvalue weighted by atomic mass is 10.3. The molecule has 70 valence electrons. The number of fused-ring (bicyclic) bond motifs is 1. The van der Waals surface area contributed by atoms with E-state index in [0.29, 0.717) is 11.5 Å². The van der Waals surface area contributed by atoms with Crippen molar-refractivity contribution >= 4 is 17.5 Å². The third-order valence-electron chi connectivity index (χ3n) is 2.04. The maximum atomic E-state index is 11.6. The molecule has 1 aromatic heterocycles. The first-order valence-electron chi connectivity index (χ1n) is 4.04. The fourth-order valence-corrected chi connectivity index (χ4v) is 1.27. The van der Waals surface area contributed by atoms with Crippen molar-refractivity contribution in [3.63, 3.8) is 0 Å². The van der Waals surface area contributed by atoms with Crippen molar-refractivity contribution in [3.8, 4) is 0 Å². The zero-order valence-corrected chi connectivity index (χ0v) is 7.29. The SMILES string of the molecule is Cn1c(N)nc2c(c1=O)NCCN2. The number of nitrogens with one attached hydrogen (secondary N) is 2. The Morgan fingerprint density at radius 3 is 2.92 bits per heavy atom. The zero-order chi connectivity index (χ0) is 9.42. The van der Waals surface area contributed by atoms with E-state index in [4.69, 9.17) is 5.73 Å². The first kappa shape index (κ1) is 7.90. The van der Waals surface area contributed by atoms with Gasteiger partial charge < -0.3 is 16.4 Å². The highest BCUT2D eigenvalue weighted by Gasteiger charge is 2.15. The average molecular weight is 181 g/mol. The number of hydrogen-bond acceptors (Lipinski definition) is 5. The monoisotopic (exact) mass is 181 g/mol. The normalized spacial score (nSPS) is 14.2. The van der Waals surface area contributed by atoms with Crippen molar-refractivity contribution in [1.82, 2.24) is 9.55 Å². The average Bonchev–Trinajstić information content (AvgIpc) is 2.15. The molecule has 2 heterocycles. The van der Waals surface area contributed by atoms with Crippen LogP contribution in [0.3, 0.4) is 0 Å². The van der Waals surface area contributed by atoms with Crippen molar-refractivity contribution in [1.29, 1.82) is 0 Å². The van der Waals surface area contributed by atoms with Crippen LogP contribution in [-0.4, -0.2) is 22.6 Å². The molecule has 4 N–H and O–H groups in total. The number of anilines is 3. The van der Waals surface area contributed by atoms with Gasteiger partial charge >= 0.3 is 0 Å². The summed E-state index contributed by atoms with van der Waals surface area (Å²) in [4.78, 5) is 15.6. The largest absolute Gasteiger partial charge is 0.376 e. The van der Waals surface area contributed by atoms with Gasteiger partial charge in [-0.25, -0.2) is 0 Å². The first-order valence-corrected chi connectivity index (χ1v) is 4.04. The Kier molecular flexibility index (Phi) is 1.61. The zero-order valence-electron chi connectivity index (χ0n) is 7.29. The molecule has 0 unspecified atom stereocenters. The molecule has 1 aliphatic rings. The highest BCUT2D eigenvalue weighted by Crippen LogP contribution is 2.17.